The Morgan fingerprint density at radius 3 is 2.74 bits per heavy atom. The molecule has 0 saturated carbocycles. The average molecular weight is 390 g/mol. The Kier molecular flexibility index (Phi) is 4.46. The number of aryl methyl sites for hydroxylation is 1. The van der Waals surface area contributed by atoms with Crippen molar-refractivity contribution in [3.63, 3.8) is 0 Å². The van der Waals surface area contributed by atoms with Crippen LogP contribution in [0.25, 0.3) is 10.9 Å². The molecule has 0 radical (unpaired) electrons. The average Bonchev–Trinajstić information content (AvgIpc) is 2.92. The van der Waals surface area contributed by atoms with Crippen LogP contribution in [0.2, 0.25) is 0 Å². The molecule has 0 fully saturated rings. The number of benzene rings is 1. The summed E-state index contributed by atoms with van der Waals surface area (Å²) in [7, 11) is 0. The van der Waals surface area contributed by atoms with Crippen LogP contribution in [-0.2, 0) is 0 Å². The van der Waals surface area contributed by atoms with Gasteiger partial charge in [-0.3, -0.25) is 4.79 Å². The SMILES string of the molecule is Cc1ccc(C=Nn2c(C(C)C)nc3ccc(Br)cc3c2=O)s1. The molecule has 0 aliphatic rings. The standard InChI is InChI=1S/C17H16BrN3OS/c1-10(2)16-20-15-7-5-12(18)8-14(15)17(22)21(16)19-9-13-6-4-11(3)23-13/h4-10H,1-3H3. The van der Waals surface area contributed by atoms with E-state index in [4.69, 9.17) is 0 Å². The van der Waals surface area contributed by atoms with Crippen molar-refractivity contribution in [2.45, 2.75) is 26.7 Å². The van der Waals surface area contributed by atoms with Crippen LogP contribution in [0.1, 0.15) is 35.3 Å². The van der Waals surface area contributed by atoms with Crippen LogP contribution in [0, 0.1) is 6.92 Å². The fourth-order valence-electron chi connectivity index (χ4n) is 2.29. The highest BCUT2D eigenvalue weighted by Gasteiger charge is 2.13. The third kappa shape index (κ3) is 3.28. The van der Waals surface area contributed by atoms with Crippen molar-refractivity contribution >= 4 is 44.4 Å². The summed E-state index contributed by atoms with van der Waals surface area (Å²) in [5, 5.41) is 4.96. The third-order valence-electron chi connectivity index (χ3n) is 3.41. The summed E-state index contributed by atoms with van der Waals surface area (Å²) in [4.78, 5) is 19.7. The van der Waals surface area contributed by atoms with Gasteiger partial charge in [0.1, 0.15) is 5.82 Å². The zero-order valence-corrected chi connectivity index (χ0v) is 15.5. The molecule has 0 atom stereocenters. The highest BCUT2D eigenvalue weighted by Crippen LogP contribution is 2.19. The first kappa shape index (κ1) is 16.1. The van der Waals surface area contributed by atoms with E-state index in [2.05, 4.69) is 26.0 Å². The van der Waals surface area contributed by atoms with E-state index < -0.39 is 0 Å². The minimum atomic E-state index is -0.149. The fraction of sp³-hybridized carbons (Fsp3) is 0.235. The van der Waals surface area contributed by atoms with Crippen molar-refractivity contribution in [3.8, 4) is 0 Å². The molecule has 3 rings (SSSR count). The topological polar surface area (TPSA) is 47.2 Å². The van der Waals surface area contributed by atoms with Crippen molar-refractivity contribution < 1.29 is 0 Å². The summed E-state index contributed by atoms with van der Waals surface area (Å²) in [5.74, 6) is 0.757. The Balaban J connectivity index is 2.20. The van der Waals surface area contributed by atoms with Crippen molar-refractivity contribution in [3.05, 3.63) is 60.7 Å². The first-order valence-electron chi connectivity index (χ1n) is 7.28. The maximum Gasteiger partial charge on any atom is 0.282 e. The lowest BCUT2D eigenvalue weighted by molar-refractivity contribution is 0.665. The predicted octanol–water partition coefficient (Wildman–Crippen LogP) is 4.53. The lowest BCUT2D eigenvalue weighted by Gasteiger charge is -2.11. The van der Waals surface area contributed by atoms with Crippen molar-refractivity contribution in [2.75, 3.05) is 0 Å². The zero-order chi connectivity index (χ0) is 16.6. The number of rotatable bonds is 3. The number of halogens is 1. The maximum absolute atomic E-state index is 12.8. The van der Waals surface area contributed by atoms with E-state index in [-0.39, 0.29) is 11.5 Å². The van der Waals surface area contributed by atoms with Gasteiger partial charge in [0.25, 0.3) is 5.56 Å². The number of hydrogen-bond donors (Lipinski definition) is 0. The smallest absolute Gasteiger partial charge is 0.267 e. The van der Waals surface area contributed by atoms with Crippen LogP contribution >= 0.6 is 27.3 Å². The van der Waals surface area contributed by atoms with Crippen molar-refractivity contribution in [2.24, 2.45) is 5.10 Å². The van der Waals surface area contributed by atoms with Crippen LogP contribution < -0.4 is 5.56 Å². The van der Waals surface area contributed by atoms with Crippen LogP contribution in [0.4, 0.5) is 0 Å². The number of aromatic nitrogens is 2. The molecular formula is C17H16BrN3OS. The lowest BCUT2D eigenvalue weighted by Crippen LogP contribution is -2.23. The van der Waals surface area contributed by atoms with Crippen molar-refractivity contribution in [1.29, 1.82) is 0 Å². The summed E-state index contributed by atoms with van der Waals surface area (Å²) in [6.45, 7) is 6.06. The third-order valence-corrected chi connectivity index (χ3v) is 4.84. The van der Waals surface area contributed by atoms with Crippen LogP contribution in [0.5, 0.6) is 0 Å². The fourth-order valence-corrected chi connectivity index (χ4v) is 3.39. The van der Waals surface area contributed by atoms with Gasteiger partial charge in [0.15, 0.2) is 0 Å². The quantitative estimate of drug-likeness (QED) is 0.617. The van der Waals surface area contributed by atoms with E-state index in [1.165, 1.54) is 9.55 Å². The first-order chi connectivity index (χ1) is 11.0. The largest absolute Gasteiger partial charge is 0.282 e. The molecular weight excluding hydrogens is 374 g/mol. The van der Waals surface area contributed by atoms with Gasteiger partial charge in [-0.25, -0.2) is 4.98 Å². The summed E-state index contributed by atoms with van der Waals surface area (Å²) in [6.07, 6.45) is 1.72. The molecule has 0 aliphatic carbocycles. The van der Waals surface area contributed by atoms with Gasteiger partial charge in [-0.1, -0.05) is 29.8 Å². The molecule has 3 aromatic rings. The number of thiophene rings is 1. The molecule has 0 spiro atoms. The molecule has 0 N–H and O–H groups in total. The van der Waals surface area contributed by atoms with E-state index in [9.17, 15) is 4.79 Å². The Hall–Kier alpha value is -1.79. The molecule has 0 amide bonds. The van der Waals surface area contributed by atoms with Gasteiger partial charge in [-0.15, -0.1) is 11.3 Å². The van der Waals surface area contributed by atoms with Gasteiger partial charge in [-0.05, 0) is 37.3 Å². The molecule has 0 bridgehead atoms. The van der Waals surface area contributed by atoms with Gasteiger partial charge in [-0.2, -0.15) is 9.78 Å². The normalized spacial score (nSPS) is 11.9. The van der Waals surface area contributed by atoms with Crippen LogP contribution in [-0.4, -0.2) is 15.9 Å². The summed E-state index contributed by atoms with van der Waals surface area (Å²) in [5.41, 5.74) is 0.546. The monoisotopic (exact) mass is 389 g/mol. The summed E-state index contributed by atoms with van der Waals surface area (Å²) in [6, 6.07) is 9.56. The molecule has 0 unspecified atom stereocenters. The number of nitrogens with zero attached hydrogens (tertiary/aromatic N) is 3. The molecule has 0 saturated heterocycles. The molecule has 4 nitrogen and oxygen atoms in total. The van der Waals surface area contributed by atoms with E-state index in [1.54, 1.807) is 23.6 Å². The Labute approximate surface area is 146 Å². The van der Waals surface area contributed by atoms with Gasteiger partial charge < -0.3 is 0 Å². The van der Waals surface area contributed by atoms with Gasteiger partial charge >= 0.3 is 0 Å². The van der Waals surface area contributed by atoms with Crippen LogP contribution in [0.3, 0.4) is 0 Å². The summed E-state index contributed by atoms with van der Waals surface area (Å²) >= 11 is 5.04. The molecule has 2 heterocycles. The highest BCUT2D eigenvalue weighted by atomic mass is 79.9. The van der Waals surface area contributed by atoms with Gasteiger partial charge in [0.05, 0.1) is 17.1 Å². The highest BCUT2D eigenvalue weighted by molar-refractivity contribution is 9.10. The minimum Gasteiger partial charge on any atom is -0.267 e. The lowest BCUT2D eigenvalue weighted by atomic mass is 10.2. The second kappa shape index (κ2) is 6.37. The van der Waals surface area contributed by atoms with E-state index >= 15 is 0 Å². The molecule has 2 aromatic heterocycles. The molecule has 6 heteroatoms. The molecule has 118 valence electrons. The maximum atomic E-state index is 12.8. The zero-order valence-electron chi connectivity index (χ0n) is 13.1. The Morgan fingerprint density at radius 1 is 1.30 bits per heavy atom. The second-order valence-electron chi connectivity index (χ2n) is 5.60. The van der Waals surface area contributed by atoms with Crippen molar-refractivity contribution in [1.82, 2.24) is 9.66 Å². The Morgan fingerprint density at radius 2 is 2.09 bits per heavy atom. The van der Waals surface area contributed by atoms with E-state index in [1.807, 2.05) is 45.0 Å². The summed E-state index contributed by atoms with van der Waals surface area (Å²) < 4.78 is 2.26. The van der Waals surface area contributed by atoms with E-state index in [0.717, 1.165) is 9.35 Å². The number of hydrogen-bond acceptors (Lipinski definition) is 4. The molecule has 0 aliphatic heterocycles. The minimum absolute atomic E-state index is 0.0953. The van der Waals surface area contributed by atoms with E-state index in [0.29, 0.717) is 16.7 Å². The Bertz CT molecular complexity index is 956. The predicted molar refractivity (Wildman–Crippen MR) is 99.8 cm³/mol. The molecule has 1 aromatic carbocycles. The van der Waals surface area contributed by atoms with Gasteiger partial charge in [0, 0.05) is 20.1 Å². The molecule has 23 heavy (non-hydrogen) atoms. The second-order valence-corrected chi connectivity index (χ2v) is 7.83. The first-order valence-corrected chi connectivity index (χ1v) is 8.89. The van der Waals surface area contributed by atoms with Crippen LogP contribution in [0.15, 0.2) is 44.7 Å². The van der Waals surface area contributed by atoms with Gasteiger partial charge in [0.2, 0.25) is 0 Å². The number of fused-ring (bicyclic) bond motifs is 1.